The number of nitrogens with zero attached hydrogens (tertiary/aromatic N) is 2. The van der Waals surface area contributed by atoms with Gasteiger partial charge in [-0.25, -0.2) is 0 Å². The van der Waals surface area contributed by atoms with Gasteiger partial charge < -0.3 is 19.5 Å². The molecule has 0 spiro atoms. The third-order valence-corrected chi connectivity index (χ3v) is 8.58. The van der Waals surface area contributed by atoms with Gasteiger partial charge in [0.15, 0.2) is 5.54 Å². The van der Waals surface area contributed by atoms with Gasteiger partial charge in [-0.15, -0.1) is 0 Å². The Morgan fingerprint density at radius 3 is 2.61 bits per heavy atom. The maximum Gasteiger partial charge on any atom is 0.254 e. The monoisotopic (exact) mass is 547 g/mol. The summed E-state index contributed by atoms with van der Waals surface area (Å²) >= 11 is 12.4. The molecular formula is C30H27Cl2N3O3. The summed E-state index contributed by atoms with van der Waals surface area (Å²) in [5.41, 5.74) is 3.44. The van der Waals surface area contributed by atoms with Crippen molar-refractivity contribution in [2.75, 3.05) is 26.7 Å². The van der Waals surface area contributed by atoms with Crippen molar-refractivity contribution < 1.29 is 14.3 Å². The number of carbonyl (C=O) groups excluding carboxylic acids is 2. The molecule has 0 aliphatic carbocycles. The molecule has 3 aromatic carbocycles. The Balaban J connectivity index is 1.44. The summed E-state index contributed by atoms with van der Waals surface area (Å²) < 4.78 is 5.71. The first-order chi connectivity index (χ1) is 18.3. The van der Waals surface area contributed by atoms with E-state index in [0.29, 0.717) is 29.6 Å². The standard InChI is InChI=1S/C30H27Cl2N3O3/c1-30-28-27(21-8-3-5-9-24(21)33-28)22(20-7-4-6-10-25(20)38-2)16-35(30)26(36)17-34(29(30)37)14-13-18-11-12-19(31)15-23(18)32/h3-12,15,22,33H,13-14,16-17H2,1-2H3. The molecule has 0 bridgehead atoms. The second kappa shape index (κ2) is 9.37. The van der Waals surface area contributed by atoms with Gasteiger partial charge in [0, 0.05) is 45.5 Å². The fraction of sp³-hybridized carbons (Fsp3) is 0.267. The van der Waals surface area contributed by atoms with Crippen molar-refractivity contribution in [3.8, 4) is 5.75 Å². The van der Waals surface area contributed by atoms with Gasteiger partial charge in [-0.2, -0.15) is 0 Å². The predicted molar refractivity (Wildman–Crippen MR) is 149 cm³/mol. The molecule has 2 unspecified atom stereocenters. The number of aromatic nitrogens is 1. The van der Waals surface area contributed by atoms with Crippen molar-refractivity contribution in [1.29, 1.82) is 0 Å². The predicted octanol–water partition coefficient (Wildman–Crippen LogP) is 5.76. The Morgan fingerprint density at radius 2 is 1.82 bits per heavy atom. The van der Waals surface area contributed by atoms with E-state index in [1.807, 2.05) is 55.5 Å². The number of aromatic amines is 1. The summed E-state index contributed by atoms with van der Waals surface area (Å²) in [7, 11) is 1.66. The number of halogens is 2. The normalized spacial score (nSPS) is 21.0. The number of ether oxygens (including phenoxy) is 1. The highest BCUT2D eigenvalue weighted by atomic mass is 35.5. The molecule has 2 aliphatic heterocycles. The lowest BCUT2D eigenvalue weighted by molar-refractivity contribution is -0.166. The fourth-order valence-corrected chi connectivity index (χ4v) is 6.57. The summed E-state index contributed by atoms with van der Waals surface area (Å²) in [6.07, 6.45) is 0.522. The third-order valence-electron chi connectivity index (χ3n) is 8.00. The van der Waals surface area contributed by atoms with Crippen LogP contribution >= 0.6 is 23.2 Å². The van der Waals surface area contributed by atoms with Gasteiger partial charge >= 0.3 is 0 Å². The highest BCUT2D eigenvalue weighted by Gasteiger charge is 2.56. The zero-order chi connectivity index (χ0) is 26.6. The Kier molecular flexibility index (Phi) is 6.12. The number of carbonyl (C=O) groups is 2. The molecule has 38 heavy (non-hydrogen) atoms. The second-order valence-corrected chi connectivity index (χ2v) is 10.9. The van der Waals surface area contributed by atoms with Crippen LogP contribution in [0.3, 0.4) is 0 Å². The lowest BCUT2D eigenvalue weighted by Gasteiger charge is -2.51. The first-order valence-corrected chi connectivity index (χ1v) is 13.4. The molecule has 1 N–H and O–H groups in total. The average molecular weight is 548 g/mol. The SMILES string of the molecule is COc1ccccc1C1CN2C(=O)CN(CCc3ccc(Cl)cc3Cl)C(=O)C2(C)c2[nH]c3ccccc3c21. The maximum absolute atomic E-state index is 14.2. The highest BCUT2D eigenvalue weighted by Crippen LogP contribution is 2.49. The minimum atomic E-state index is -1.16. The molecule has 0 radical (unpaired) electrons. The van der Waals surface area contributed by atoms with Crippen molar-refractivity contribution in [3.05, 3.63) is 99.2 Å². The van der Waals surface area contributed by atoms with Crippen molar-refractivity contribution >= 4 is 45.9 Å². The van der Waals surface area contributed by atoms with Crippen LogP contribution in [-0.4, -0.2) is 53.3 Å². The number of benzene rings is 3. The van der Waals surface area contributed by atoms with Crippen LogP contribution in [0.1, 0.15) is 35.2 Å². The van der Waals surface area contributed by atoms with E-state index in [9.17, 15) is 9.59 Å². The van der Waals surface area contributed by atoms with Crippen LogP contribution < -0.4 is 4.74 Å². The van der Waals surface area contributed by atoms with Crippen LogP contribution in [0.2, 0.25) is 10.0 Å². The maximum atomic E-state index is 14.2. The Hall–Kier alpha value is -3.48. The summed E-state index contributed by atoms with van der Waals surface area (Å²) in [6.45, 7) is 2.64. The molecule has 8 heteroatoms. The van der Waals surface area contributed by atoms with Crippen LogP contribution in [0.25, 0.3) is 10.9 Å². The number of fused-ring (bicyclic) bond motifs is 5. The number of para-hydroxylation sites is 2. The molecule has 2 amide bonds. The molecule has 3 heterocycles. The highest BCUT2D eigenvalue weighted by molar-refractivity contribution is 6.35. The minimum absolute atomic E-state index is 0.0217. The van der Waals surface area contributed by atoms with Crippen LogP contribution in [-0.2, 0) is 21.5 Å². The van der Waals surface area contributed by atoms with Crippen molar-refractivity contribution in [2.45, 2.75) is 24.8 Å². The molecule has 1 saturated heterocycles. The number of hydrogen-bond donors (Lipinski definition) is 1. The van der Waals surface area contributed by atoms with Crippen LogP contribution in [0.15, 0.2) is 66.7 Å². The second-order valence-electron chi connectivity index (χ2n) is 10.0. The fourth-order valence-electron chi connectivity index (χ4n) is 6.07. The first-order valence-electron chi connectivity index (χ1n) is 12.6. The van der Waals surface area contributed by atoms with Crippen molar-refractivity contribution in [2.24, 2.45) is 0 Å². The van der Waals surface area contributed by atoms with Gasteiger partial charge in [0.2, 0.25) is 5.91 Å². The Bertz CT molecular complexity index is 1580. The van der Waals surface area contributed by atoms with Crippen LogP contribution in [0, 0.1) is 0 Å². The minimum Gasteiger partial charge on any atom is -0.496 e. The number of nitrogens with one attached hydrogen (secondary N) is 1. The van der Waals surface area contributed by atoms with Gasteiger partial charge in [-0.05, 0) is 48.7 Å². The third kappa shape index (κ3) is 3.77. The largest absolute Gasteiger partial charge is 0.496 e. The van der Waals surface area contributed by atoms with Gasteiger partial charge in [-0.3, -0.25) is 9.59 Å². The molecule has 0 saturated carbocycles. The number of H-pyrrole nitrogens is 1. The van der Waals surface area contributed by atoms with Gasteiger partial charge in [0.05, 0.1) is 19.3 Å². The van der Waals surface area contributed by atoms with E-state index in [0.717, 1.165) is 39.0 Å². The van der Waals surface area contributed by atoms with E-state index in [-0.39, 0.29) is 24.3 Å². The zero-order valence-electron chi connectivity index (χ0n) is 21.1. The lowest BCUT2D eigenvalue weighted by atomic mass is 9.76. The van der Waals surface area contributed by atoms with Gasteiger partial charge in [0.1, 0.15) is 5.75 Å². The van der Waals surface area contributed by atoms with E-state index in [4.69, 9.17) is 27.9 Å². The number of piperazine rings is 1. The van der Waals surface area contributed by atoms with E-state index >= 15 is 0 Å². The van der Waals surface area contributed by atoms with Gasteiger partial charge in [0.25, 0.3) is 5.91 Å². The average Bonchev–Trinajstić information content (AvgIpc) is 3.32. The van der Waals surface area contributed by atoms with E-state index in [2.05, 4.69) is 11.1 Å². The number of amides is 2. The first kappa shape index (κ1) is 24.8. The number of methoxy groups -OCH3 is 1. The lowest BCUT2D eigenvalue weighted by Crippen LogP contribution is -2.67. The number of rotatable bonds is 5. The summed E-state index contributed by atoms with van der Waals surface area (Å²) in [5.74, 6) is 0.420. The molecule has 2 atom stereocenters. The molecule has 2 aliphatic rings. The molecular weight excluding hydrogens is 521 g/mol. The topological polar surface area (TPSA) is 65.6 Å². The van der Waals surface area contributed by atoms with E-state index in [1.165, 1.54) is 0 Å². The molecule has 6 rings (SSSR count). The van der Waals surface area contributed by atoms with E-state index in [1.54, 1.807) is 29.0 Å². The molecule has 194 valence electrons. The zero-order valence-corrected chi connectivity index (χ0v) is 22.6. The number of hydrogen-bond acceptors (Lipinski definition) is 3. The summed E-state index contributed by atoms with van der Waals surface area (Å²) in [6, 6.07) is 21.3. The van der Waals surface area contributed by atoms with Crippen LogP contribution in [0.4, 0.5) is 0 Å². The Morgan fingerprint density at radius 1 is 1.05 bits per heavy atom. The molecule has 6 nitrogen and oxygen atoms in total. The molecule has 4 aromatic rings. The summed E-state index contributed by atoms with van der Waals surface area (Å²) in [4.78, 5) is 34.9. The van der Waals surface area contributed by atoms with E-state index < -0.39 is 5.54 Å². The van der Waals surface area contributed by atoms with Crippen molar-refractivity contribution in [1.82, 2.24) is 14.8 Å². The van der Waals surface area contributed by atoms with Crippen LogP contribution in [0.5, 0.6) is 5.75 Å². The molecule has 1 fully saturated rings. The quantitative estimate of drug-likeness (QED) is 0.345. The smallest absolute Gasteiger partial charge is 0.254 e. The Labute approximate surface area is 231 Å². The van der Waals surface area contributed by atoms with Crippen molar-refractivity contribution in [3.63, 3.8) is 0 Å². The van der Waals surface area contributed by atoms with Gasteiger partial charge in [-0.1, -0.05) is 65.7 Å². The summed E-state index contributed by atoms with van der Waals surface area (Å²) in [5, 5.41) is 2.16. The molecule has 1 aromatic heterocycles.